The molecule has 106 valence electrons. The van der Waals surface area contributed by atoms with Gasteiger partial charge in [-0.3, -0.25) is 4.90 Å². The number of nitrogens with zero attached hydrogens (tertiary/aromatic N) is 1. The SMILES string of the molecule is COc1cccc(C(C(C)N)N2CCSCC2C)c1. The molecule has 0 amide bonds. The van der Waals surface area contributed by atoms with Crippen LogP contribution in [0.2, 0.25) is 0 Å². The number of hydrogen-bond donors (Lipinski definition) is 1. The van der Waals surface area contributed by atoms with E-state index in [-0.39, 0.29) is 12.1 Å². The quantitative estimate of drug-likeness (QED) is 0.920. The monoisotopic (exact) mass is 280 g/mol. The molecule has 1 heterocycles. The van der Waals surface area contributed by atoms with Crippen molar-refractivity contribution in [2.45, 2.75) is 32.0 Å². The van der Waals surface area contributed by atoms with Crippen molar-refractivity contribution in [3.8, 4) is 5.75 Å². The average Bonchev–Trinajstić information content (AvgIpc) is 2.41. The fourth-order valence-corrected chi connectivity index (χ4v) is 3.81. The highest BCUT2D eigenvalue weighted by Gasteiger charge is 2.30. The lowest BCUT2D eigenvalue weighted by molar-refractivity contribution is 0.143. The maximum Gasteiger partial charge on any atom is 0.119 e. The molecule has 0 saturated carbocycles. The van der Waals surface area contributed by atoms with Gasteiger partial charge >= 0.3 is 0 Å². The van der Waals surface area contributed by atoms with Gasteiger partial charge in [-0.1, -0.05) is 12.1 Å². The molecule has 2 N–H and O–H groups in total. The molecule has 3 nitrogen and oxygen atoms in total. The van der Waals surface area contributed by atoms with Gasteiger partial charge in [0, 0.05) is 30.1 Å². The number of rotatable bonds is 4. The van der Waals surface area contributed by atoms with Crippen molar-refractivity contribution in [2.24, 2.45) is 5.73 Å². The summed E-state index contributed by atoms with van der Waals surface area (Å²) in [5.74, 6) is 3.28. The number of nitrogens with two attached hydrogens (primary N) is 1. The summed E-state index contributed by atoms with van der Waals surface area (Å²) in [5, 5.41) is 0. The molecule has 1 saturated heterocycles. The van der Waals surface area contributed by atoms with Gasteiger partial charge in [0.15, 0.2) is 0 Å². The normalized spacial score (nSPS) is 23.9. The van der Waals surface area contributed by atoms with Crippen molar-refractivity contribution >= 4 is 11.8 Å². The van der Waals surface area contributed by atoms with Gasteiger partial charge in [0.25, 0.3) is 0 Å². The van der Waals surface area contributed by atoms with Crippen molar-refractivity contribution in [2.75, 3.05) is 25.2 Å². The summed E-state index contributed by atoms with van der Waals surface area (Å²) in [6.45, 7) is 5.50. The van der Waals surface area contributed by atoms with Crippen LogP contribution in [0.5, 0.6) is 5.75 Å². The van der Waals surface area contributed by atoms with Crippen molar-refractivity contribution in [3.05, 3.63) is 29.8 Å². The Labute approximate surface area is 120 Å². The van der Waals surface area contributed by atoms with Crippen molar-refractivity contribution in [1.29, 1.82) is 0 Å². The highest BCUT2D eigenvalue weighted by atomic mass is 32.2. The molecule has 2 rings (SSSR count). The molecule has 1 aromatic rings. The Morgan fingerprint density at radius 1 is 1.47 bits per heavy atom. The second kappa shape index (κ2) is 6.64. The summed E-state index contributed by atoms with van der Waals surface area (Å²) >= 11 is 2.03. The molecule has 0 radical (unpaired) electrons. The summed E-state index contributed by atoms with van der Waals surface area (Å²) in [6, 6.07) is 9.25. The molecular formula is C15H24N2OS. The molecule has 0 aliphatic carbocycles. The molecule has 3 atom stereocenters. The Kier molecular flexibility index (Phi) is 5.13. The average molecular weight is 280 g/mol. The zero-order valence-corrected chi connectivity index (χ0v) is 12.8. The second-order valence-corrected chi connectivity index (χ2v) is 6.39. The predicted octanol–water partition coefficient (Wildman–Crippen LogP) is 2.52. The van der Waals surface area contributed by atoms with Crippen LogP contribution in [0.1, 0.15) is 25.5 Å². The first-order valence-electron chi connectivity index (χ1n) is 6.86. The standard InChI is InChI=1S/C15H24N2OS/c1-11-10-19-8-7-17(11)15(12(2)16)13-5-4-6-14(9-13)18-3/h4-6,9,11-12,15H,7-8,10,16H2,1-3H3. The van der Waals surface area contributed by atoms with Crippen LogP contribution in [0.3, 0.4) is 0 Å². The Hall–Kier alpha value is -0.710. The van der Waals surface area contributed by atoms with Crippen LogP contribution in [0.15, 0.2) is 24.3 Å². The first kappa shape index (κ1) is 14.7. The highest BCUT2D eigenvalue weighted by molar-refractivity contribution is 7.99. The Bertz CT molecular complexity index is 411. The van der Waals surface area contributed by atoms with Gasteiger partial charge in [-0.25, -0.2) is 0 Å². The summed E-state index contributed by atoms with van der Waals surface area (Å²) in [5.41, 5.74) is 7.52. The van der Waals surface area contributed by atoms with Gasteiger partial charge in [-0.2, -0.15) is 11.8 Å². The van der Waals surface area contributed by atoms with Gasteiger partial charge in [0.1, 0.15) is 5.75 Å². The van der Waals surface area contributed by atoms with E-state index in [0.717, 1.165) is 12.3 Å². The zero-order chi connectivity index (χ0) is 13.8. The first-order valence-corrected chi connectivity index (χ1v) is 8.02. The largest absolute Gasteiger partial charge is 0.497 e. The zero-order valence-electron chi connectivity index (χ0n) is 12.0. The van der Waals surface area contributed by atoms with Crippen molar-refractivity contribution in [1.82, 2.24) is 4.90 Å². The fourth-order valence-electron chi connectivity index (χ4n) is 2.78. The number of benzene rings is 1. The van der Waals surface area contributed by atoms with E-state index < -0.39 is 0 Å². The van der Waals surface area contributed by atoms with Gasteiger partial charge in [0.2, 0.25) is 0 Å². The third kappa shape index (κ3) is 3.44. The molecule has 1 aliphatic heterocycles. The second-order valence-electron chi connectivity index (χ2n) is 5.24. The van der Waals surface area contributed by atoms with E-state index in [9.17, 15) is 0 Å². The van der Waals surface area contributed by atoms with Gasteiger partial charge in [0.05, 0.1) is 13.2 Å². The lowest BCUT2D eigenvalue weighted by Crippen LogP contribution is -2.48. The van der Waals surface area contributed by atoms with Gasteiger partial charge < -0.3 is 10.5 Å². The van der Waals surface area contributed by atoms with Crippen LogP contribution in [-0.2, 0) is 0 Å². The molecular weight excluding hydrogens is 256 g/mol. The minimum atomic E-state index is 0.109. The molecule has 0 spiro atoms. The molecule has 0 bridgehead atoms. The Morgan fingerprint density at radius 2 is 2.26 bits per heavy atom. The molecule has 1 aliphatic rings. The molecule has 19 heavy (non-hydrogen) atoms. The Morgan fingerprint density at radius 3 is 2.89 bits per heavy atom. The lowest BCUT2D eigenvalue weighted by atomic mass is 9.97. The summed E-state index contributed by atoms with van der Waals surface area (Å²) in [4.78, 5) is 2.54. The van der Waals surface area contributed by atoms with E-state index in [0.29, 0.717) is 6.04 Å². The summed E-state index contributed by atoms with van der Waals surface area (Å²) < 4.78 is 5.34. The molecule has 1 aromatic carbocycles. The summed E-state index contributed by atoms with van der Waals surface area (Å²) in [7, 11) is 1.71. The van der Waals surface area contributed by atoms with Gasteiger partial charge in [-0.15, -0.1) is 0 Å². The van der Waals surface area contributed by atoms with Crippen LogP contribution >= 0.6 is 11.8 Å². The van der Waals surface area contributed by atoms with Crippen LogP contribution in [0.25, 0.3) is 0 Å². The van der Waals surface area contributed by atoms with E-state index in [4.69, 9.17) is 10.5 Å². The van der Waals surface area contributed by atoms with Crippen molar-refractivity contribution in [3.63, 3.8) is 0 Å². The highest BCUT2D eigenvalue weighted by Crippen LogP contribution is 2.31. The fraction of sp³-hybridized carbons (Fsp3) is 0.600. The minimum Gasteiger partial charge on any atom is -0.497 e. The van der Waals surface area contributed by atoms with E-state index >= 15 is 0 Å². The smallest absolute Gasteiger partial charge is 0.119 e. The maximum absolute atomic E-state index is 6.26. The van der Waals surface area contributed by atoms with Crippen LogP contribution in [0.4, 0.5) is 0 Å². The van der Waals surface area contributed by atoms with Gasteiger partial charge in [-0.05, 0) is 31.5 Å². The van der Waals surface area contributed by atoms with Crippen LogP contribution < -0.4 is 10.5 Å². The van der Waals surface area contributed by atoms with E-state index in [1.165, 1.54) is 17.1 Å². The van der Waals surface area contributed by atoms with E-state index in [1.807, 2.05) is 23.9 Å². The number of hydrogen-bond acceptors (Lipinski definition) is 4. The topological polar surface area (TPSA) is 38.5 Å². The van der Waals surface area contributed by atoms with Crippen LogP contribution in [0, 0.1) is 0 Å². The third-order valence-corrected chi connectivity index (χ3v) is 4.90. The van der Waals surface area contributed by atoms with E-state index in [2.05, 4.69) is 30.9 Å². The maximum atomic E-state index is 6.26. The first-order chi connectivity index (χ1) is 9.13. The predicted molar refractivity (Wildman–Crippen MR) is 82.9 cm³/mol. The van der Waals surface area contributed by atoms with E-state index in [1.54, 1.807) is 7.11 Å². The Balaban J connectivity index is 2.28. The molecule has 0 aromatic heterocycles. The molecule has 3 unspecified atom stereocenters. The third-order valence-electron chi connectivity index (χ3n) is 3.71. The minimum absolute atomic E-state index is 0.109. The summed E-state index contributed by atoms with van der Waals surface area (Å²) in [6.07, 6.45) is 0. The lowest BCUT2D eigenvalue weighted by Gasteiger charge is -2.41. The number of methoxy groups -OCH3 is 1. The number of thioether (sulfide) groups is 1. The number of ether oxygens (including phenoxy) is 1. The van der Waals surface area contributed by atoms with Crippen LogP contribution in [-0.4, -0.2) is 42.1 Å². The molecule has 1 fully saturated rings. The molecule has 4 heteroatoms. The van der Waals surface area contributed by atoms with Crippen molar-refractivity contribution < 1.29 is 4.74 Å².